The molecular weight excluding hydrogens is 1260 g/mol. The van der Waals surface area contributed by atoms with E-state index in [1.165, 1.54) is 42.2 Å². The van der Waals surface area contributed by atoms with E-state index in [9.17, 15) is 96.1 Å². The quantitative estimate of drug-likeness (QED) is 0.0621. The lowest BCUT2D eigenvalue weighted by atomic mass is 9.95. The highest BCUT2D eigenvalue weighted by Crippen LogP contribution is 2.34. The van der Waals surface area contributed by atoms with Gasteiger partial charge in [0, 0.05) is 31.7 Å². The molecule has 37 nitrogen and oxygen atoms in total. The number of amides is 6. The number of hydrogen-bond donors (Lipinski definition) is 23. The number of guanidine groups is 2. The molecule has 0 spiro atoms. The van der Waals surface area contributed by atoms with Gasteiger partial charge in [-0.3, -0.25) is 44.5 Å². The second kappa shape index (κ2) is 32.3. The van der Waals surface area contributed by atoms with Crippen LogP contribution in [0, 0.1) is 17.7 Å². The van der Waals surface area contributed by atoms with E-state index in [0.717, 1.165) is 9.80 Å². The number of unbranched alkanes of at least 4 members (excludes halogenated alkanes) is 1. The van der Waals surface area contributed by atoms with Crippen LogP contribution in [0.15, 0.2) is 48.5 Å². The average Bonchev–Trinajstić information content (AvgIpc) is 1.74. The third-order valence-corrected chi connectivity index (χ3v) is 17.6. The molecule has 6 aliphatic rings. The van der Waals surface area contributed by atoms with Crippen LogP contribution in [-0.2, 0) is 54.1 Å². The molecule has 0 saturated carbocycles. The minimum Gasteiger partial charge on any atom is -0.462 e. The molecule has 24 unspecified atom stereocenters. The van der Waals surface area contributed by atoms with Gasteiger partial charge in [0.2, 0.25) is 41.7 Å². The number of nitrogens with one attached hydrogen (secondary N) is 9. The van der Waals surface area contributed by atoms with Gasteiger partial charge in [-0.25, -0.2) is 0 Å². The zero-order chi connectivity index (χ0) is 69.4. The Kier molecular flexibility index (Phi) is 25.0. The summed E-state index contributed by atoms with van der Waals surface area (Å²) >= 11 is 0. The maximum Gasteiger partial charge on any atom is 0.247 e. The van der Waals surface area contributed by atoms with Crippen LogP contribution in [-0.4, -0.2) is 328 Å². The topological polar surface area (TPSA) is 573 Å². The van der Waals surface area contributed by atoms with E-state index in [1.807, 2.05) is 6.92 Å². The van der Waals surface area contributed by atoms with Crippen LogP contribution in [0.2, 0.25) is 0 Å². The Morgan fingerprint density at radius 3 is 1.83 bits per heavy atom. The molecule has 2 aromatic rings. The lowest BCUT2D eigenvalue weighted by Gasteiger charge is -2.46. The Balaban J connectivity index is 1.14. The largest absolute Gasteiger partial charge is 0.462 e. The zero-order valence-electron chi connectivity index (χ0n) is 51.8. The summed E-state index contributed by atoms with van der Waals surface area (Å²) in [6.07, 6.45) is -30.8. The monoisotopic (exact) mass is 1350 g/mol. The van der Waals surface area contributed by atoms with Crippen molar-refractivity contribution in [3.8, 4) is 5.75 Å². The van der Waals surface area contributed by atoms with Gasteiger partial charge in [0.1, 0.15) is 121 Å². The lowest BCUT2D eigenvalue weighted by molar-refractivity contribution is -0.352. The van der Waals surface area contributed by atoms with Crippen LogP contribution in [0.4, 0.5) is 5.69 Å². The first-order valence-electron chi connectivity index (χ1n) is 30.9. The Hall–Kier alpha value is -7.12. The highest BCUT2D eigenvalue weighted by molar-refractivity contribution is 6.04. The lowest BCUT2D eigenvalue weighted by Crippen LogP contribution is -2.69. The van der Waals surface area contributed by atoms with Crippen molar-refractivity contribution < 1.29 is 124 Å². The standard InChI is InChI=1S/C58H86N12O25/c1-4-5-14-68-18-31(70(58(68)60)54-45(83)42(80)40(78)32(20-72)92-54)39(77)37-52(89)64-29(19-71)50(87)61-17-35(75)69(30-9-7-6-8-23(30)2)24(3)49(86)63-27(51(88)66-36(53(90)67-37)38(76)28-16-62-57(59)65-28)15-25-10-12-26(13-11-25)91-55-47(85)44(82)48(34(22-74)94-55)95-56-46(84)43(81)41(79)33(21-73)93-56/h6-13,24,27-29,31-34,36-48,54-56,60,71-74,76-85H,4-5,14-22H2,1-3H3,(H,61,87)(H,63,86)(H,64,89)(H,66,88)(H,67,90)(H3,59,62,65). The van der Waals surface area contributed by atoms with Gasteiger partial charge < -0.3 is 142 Å². The molecule has 0 radical (unpaired) electrons. The summed E-state index contributed by atoms with van der Waals surface area (Å²) in [5.41, 5.74) is 0.814. The van der Waals surface area contributed by atoms with Gasteiger partial charge in [-0.05, 0) is 49.6 Å². The van der Waals surface area contributed by atoms with Gasteiger partial charge in [-0.2, -0.15) is 0 Å². The summed E-state index contributed by atoms with van der Waals surface area (Å²) in [4.78, 5) is 92.0. The van der Waals surface area contributed by atoms with Crippen molar-refractivity contribution in [2.75, 3.05) is 57.5 Å². The third-order valence-electron chi connectivity index (χ3n) is 17.6. The Bertz CT molecular complexity index is 3010. The predicted octanol–water partition coefficient (Wildman–Crippen LogP) is -11.2. The Morgan fingerprint density at radius 2 is 1.21 bits per heavy atom. The van der Waals surface area contributed by atoms with Crippen LogP contribution in [0.25, 0.3) is 0 Å². The number of para-hydroxylation sites is 1. The third kappa shape index (κ3) is 16.3. The molecular formula is C58H86N12O25. The highest BCUT2D eigenvalue weighted by atomic mass is 16.7. The smallest absolute Gasteiger partial charge is 0.247 e. The fourth-order valence-electron chi connectivity index (χ4n) is 12.0. The number of aliphatic hydroxyl groups excluding tert-OH is 14. The fourth-order valence-corrected chi connectivity index (χ4v) is 12.0. The van der Waals surface area contributed by atoms with Crippen LogP contribution < -0.4 is 46.9 Å². The second-order valence-corrected chi connectivity index (χ2v) is 24.0. The van der Waals surface area contributed by atoms with E-state index in [4.69, 9.17) is 29.1 Å². The minimum atomic E-state index is -2.36. The molecule has 0 aromatic heterocycles. The first-order valence-corrected chi connectivity index (χ1v) is 30.9. The molecule has 6 heterocycles. The normalized spacial score (nSPS) is 36.4. The van der Waals surface area contributed by atoms with Crippen molar-refractivity contribution in [1.29, 1.82) is 10.8 Å². The highest BCUT2D eigenvalue weighted by Gasteiger charge is 2.55. The number of aryl methyl sites for hydroxylation is 1. The van der Waals surface area contributed by atoms with Crippen molar-refractivity contribution in [1.82, 2.24) is 47.0 Å². The molecule has 0 aliphatic carbocycles. The predicted molar refractivity (Wildman–Crippen MR) is 321 cm³/mol. The average molecular weight is 1350 g/mol. The number of benzene rings is 2. The Morgan fingerprint density at radius 1 is 0.621 bits per heavy atom. The van der Waals surface area contributed by atoms with Crippen molar-refractivity contribution in [2.24, 2.45) is 0 Å². The maximum atomic E-state index is 15.2. The number of anilines is 1. The molecule has 2 aromatic carbocycles. The van der Waals surface area contributed by atoms with Gasteiger partial charge in [-0.1, -0.05) is 43.7 Å². The zero-order valence-corrected chi connectivity index (χ0v) is 51.8. The fraction of sp³-hybridized carbons (Fsp3) is 0.655. The van der Waals surface area contributed by atoms with E-state index >= 15 is 9.59 Å². The first-order chi connectivity index (χ1) is 45.2. The van der Waals surface area contributed by atoms with Gasteiger partial charge in [0.15, 0.2) is 24.4 Å². The SMILES string of the molecule is CCCCN1CC(C(O)C2NC(=O)C(C(O)C3CNC(=N)N3)NC(=O)C(Cc3ccc(OC4OC(CO)C(OC5OC(CO)C(O)C(O)C5O)C(O)C4O)cc3)NC(=O)C(C)N(c3ccccc3C)C(=O)CNC(=O)C(CO)NC2=O)N(C2OC(CO)C(O)C(O)C2O)C1=N. The molecule has 6 amide bonds. The number of nitrogens with zero attached hydrogens (tertiary/aromatic N) is 3. The van der Waals surface area contributed by atoms with E-state index in [2.05, 4.69) is 37.2 Å². The molecule has 37 heteroatoms. The van der Waals surface area contributed by atoms with Crippen molar-refractivity contribution in [3.05, 3.63) is 59.7 Å². The minimum absolute atomic E-state index is 0.0742. The van der Waals surface area contributed by atoms with Crippen molar-refractivity contribution in [3.63, 3.8) is 0 Å². The second-order valence-electron chi connectivity index (χ2n) is 24.0. The summed E-state index contributed by atoms with van der Waals surface area (Å²) in [7, 11) is 0. The molecule has 23 N–H and O–H groups in total. The maximum absolute atomic E-state index is 15.2. The summed E-state index contributed by atoms with van der Waals surface area (Å²) in [5, 5.41) is 187. The van der Waals surface area contributed by atoms with Crippen LogP contribution in [0.3, 0.4) is 0 Å². The molecule has 6 fully saturated rings. The summed E-state index contributed by atoms with van der Waals surface area (Å²) in [6.45, 7) is -0.460. The number of ether oxygens (including phenoxy) is 5. The molecule has 24 atom stereocenters. The molecule has 0 bridgehead atoms. The van der Waals surface area contributed by atoms with Crippen molar-refractivity contribution in [2.45, 2.75) is 187 Å². The number of rotatable bonds is 19. The first kappa shape index (κ1) is 73.7. The number of carbonyl (C=O) groups is 6. The van der Waals surface area contributed by atoms with Crippen LogP contribution >= 0.6 is 0 Å². The van der Waals surface area contributed by atoms with Crippen LogP contribution in [0.1, 0.15) is 37.8 Å². The number of carbonyl (C=O) groups excluding carboxylic acids is 6. The molecule has 528 valence electrons. The van der Waals surface area contributed by atoms with Gasteiger partial charge in [0.05, 0.1) is 45.1 Å². The summed E-state index contributed by atoms with van der Waals surface area (Å²) < 4.78 is 28.5. The van der Waals surface area contributed by atoms with E-state index < -0.39 is 227 Å². The molecule has 95 heavy (non-hydrogen) atoms. The number of hydrogen-bond acceptors (Lipinski definition) is 27. The number of aliphatic hydroxyl groups is 14. The van der Waals surface area contributed by atoms with E-state index in [-0.39, 0.29) is 42.6 Å². The molecule has 6 aliphatic heterocycles. The van der Waals surface area contributed by atoms with Gasteiger partial charge in [-0.15, -0.1) is 0 Å². The van der Waals surface area contributed by atoms with Crippen molar-refractivity contribution >= 4 is 53.0 Å². The van der Waals surface area contributed by atoms with Gasteiger partial charge >= 0.3 is 0 Å². The molecule has 6 saturated heterocycles. The molecule has 8 rings (SSSR count). The Labute approximate surface area is 542 Å². The summed E-state index contributed by atoms with van der Waals surface area (Å²) in [5.74, 6) is -8.12. The van der Waals surface area contributed by atoms with Gasteiger partial charge in [0.25, 0.3) is 0 Å². The van der Waals surface area contributed by atoms with E-state index in [1.54, 1.807) is 25.1 Å². The summed E-state index contributed by atoms with van der Waals surface area (Å²) in [6, 6.07) is -1.18. The van der Waals surface area contributed by atoms with E-state index in [0.29, 0.717) is 18.4 Å². The van der Waals surface area contributed by atoms with Crippen LogP contribution in [0.5, 0.6) is 5.75 Å².